The van der Waals surface area contributed by atoms with Gasteiger partial charge in [0.2, 0.25) is 5.88 Å². The van der Waals surface area contributed by atoms with Gasteiger partial charge >= 0.3 is 6.03 Å². The molecule has 0 saturated carbocycles. The zero-order chi connectivity index (χ0) is 13.9. The van der Waals surface area contributed by atoms with E-state index >= 15 is 0 Å². The number of hydrogen-bond acceptors (Lipinski definition) is 5. The first-order chi connectivity index (χ1) is 9.72. The summed E-state index contributed by atoms with van der Waals surface area (Å²) < 4.78 is 4.99. The van der Waals surface area contributed by atoms with Gasteiger partial charge in [-0.2, -0.15) is 0 Å². The Hall–Kier alpha value is -2.44. The smallest absolute Gasteiger partial charge is 0.324 e. The molecule has 0 radical (unpaired) electrons. The summed E-state index contributed by atoms with van der Waals surface area (Å²) >= 11 is 0. The van der Waals surface area contributed by atoms with Crippen LogP contribution in [0, 0.1) is 6.92 Å². The summed E-state index contributed by atoms with van der Waals surface area (Å²) in [6.07, 6.45) is 4.87. The van der Waals surface area contributed by atoms with Crippen LogP contribution in [0.5, 0.6) is 0 Å². The van der Waals surface area contributed by atoms with Gasteiger partial charge in [-0.15, -0.1) is 0 Å². The van der Waals surface area contributed by atoms with E-state index in [1.165, 1.54) is 0 Å². The van der Waals surface area contributed by atoms with E-state index in [0.29, 0.717) is 19.0 Å². The summed E-state index contributed by atoms with van der Waals surface area (Å²) in [5.74, 6) is 0.369. The largest absolute Gasteiger partial charge is 0.338 e. The minimum Gasteiger partial charge on any atom is -0.338 e. The average Bonchev–Trinajstić information content (AvgIpc) is 2.74. The van der Waals surface area contributed by atoms with Gasteiger partial charge in [0.05, 0.1) is 5.69 Å². The van der Waals surface area contributed by atoms with Crippen molar-refractivity contribution < 1.29 is 9.32 Å². The number of aromatic nitrogens is 3. The monoisotopic (exact) mass is 273 g/mol. The van der Waals surface area contributed by atoms with Crippen molar-refractivity contribution in [1.29, 1.82) is 0 Å². The maximum absolute atomic E-state index is 12.2. The third-order valence-corrected chi connectivity index (χ3v) is 3.30. The fourth-order valence-electron chi connectivity index (χ4n) is 2.24. The molecule has 3 heterocycles. The van der Waals surface area contributed by atoms with Gasteiger partial charge in [0.25, 0.3) is 0 Å². The summed E-state index contributed by atoms with van der Waals surface area (Å²) in [7, 11) is 0. The van der Waals surface area contributed by atoms with Crippen molar-refractivity contribution in [1.82, 2.24) is 20.0 Å². The van der Waals surface area contributed by atoms with Gasteiger partial charge in [-0.25, -0.2) is 14.8 Å². The molecule has 7 heteroatoms. The van der Waals surface area contributed by atoms with E-state index < -0.39 is 0 Å². The molecule has 20 heavy (non-hydrogen) atoms. The van der Waals surface area contributed by atoms with Gasteiger partial charge in [-0.05, 0) is 18.9 Å². The Balaban J connectivity index is 1.66. The lowest BCUT2D eigenvalue weighted by Gasteiger charge is -2.19. The van der Waals surface area contributed by atoms with Crippen molar-refractivity contribution in [3.63, 3.8) is 0 Å². The van der Waals surface area contributed by atoms with E-state index in [1.807, 2.05) is 6.20 Å². The lowest BCUT2D eigenvalue weighted by atomic mass is 10.1. The fourth-order valence-corrected chi connectivity index (χ4v) is 2.24. The molecule has 1 aliphatic heterocycles. The molecule has 0 aromatic carbocycles. The van der Waals surface area contributed by atoms with Gasteiger partial charge in [0.1, 0.15) is 6.33 Å². The standard InChI is InChI=1S/C13H15N5O2/c1-9-6-12(20-17-9)16-13(19)18-4-2-10-7-14-8-15-11(10)3-5-18/h6-8H,2-5H2,1H3,(H,16,19). The first-order valence-electron chi connectivity index (χ1n) is 6.49. The number of nitrogens with zero attached hydrogens (tertiary/aromatic N) is 4. The lowest BCUT2D eigenvalue weighted by Crippen LogP contribution is -2.36. The van der Waals surface area contributed by atoms with Crippen molar-refractivity contribution in [2.24, 2.45) is 0 Å². The summed E-state index contributed by atoms with van der Waals surface area (Å²) in [5.41, 5.74) is 2.86. The number of rotatable bonds is 1. The predicted molar refractivity (Wildman–Crippen MR) is 71.3 cm³/mol. The highest BCUT2D eigenvalue weighted by Crippen LogP contribution is 2.14. The molecule has 0 unspecified atom stereocenters. The number of aryl methyl sites for hydroxylation is 1. The SMILES string of the molecule is Cc1cc(NC(=O)N2CCc3cncnc3CC2)on1. The number of hydrogen-bond donors (Lipinski definition) is 1. The number of nitrogens with one attached hydrogen (secondary N) is 1. The van der Waals surface area contributed by atoms with Gasteiger partial charge < -0.3 is 9.42 Å². The molecule has 3 rings (SSSR count). The van der Waals surface area contributed by atoms with Gasteiger partial charge in [-0.1, -0.05) is 5.16 Å². The lowest BCUT2D eigenvalue weighted by molar-refractivity contribution is 0.213. The van der Waals surface area contributed by atoms with Crippen LogP contribution >= 0.6 is 0 Å². The Morgan fingerprint density at radius 1 is 1.40 bits per heavy atom. The summed E-state index contributed by atoms with van der Waals surface area (Å²) in [6.45, 7) is 3.07. The van der Waals surface area contributed by atoms with Crippen LogP contribution in [-0.2, 0) is 12.8 Å². The van der Waals surface area contributed by atoms with Crippen LogP contribution < -0.4 is 5.32 Å². The second kappa shape index (κ2) is 5.28. The number of fused-ring (bicyclic) bond motifs is 1. The van der Waals surface area contributed by atoms with Crippen LogP contribution in [0.1, 0.15) is 17.0 Å². The third kappa shape index (κ3) is 2.61. The van der Waals surface area contributed by atoms with Crippen LogP contribution in [0.3, 0.4) is 0 Å². The summed E-state index contributed by atoms with van der Waals surface area (Å²) in [4.78, 5) is 22.2. The van der Waals surface area contributed by atoms with Crippen LogP contribution in [0.4, 0.5) is 10.7 Å². The molecule has 0 saturated heterocycles. The van der Waals surface area contributed by atoms with E-state index in [0.717, 1.165) is 29.8 Å². The third-order valence-electron chi connectivity index (χ3n) is 3.30. The Morgan fingerprint density at radius 3 is 3.05 bits per heavy atom. The zero-order valence-electron chi connectivity index (χ0n) is 11.2. The van der Waals surface area contributed by atoms with Gasteiger partial charge in [0, 0.05) is 37.5 Å². The minimum atomic E-state index is -0.179. The summed E-state index contributed by atoms with van der Waals surface area (Å²) in [6, 6.07) is 1.51. The van der Waals surface area contributed by atoms with E-state index in [4.69, 9.17) is 4.52 Å². The van der Waals surface area contributed by atoms with Crippen LogP contribution in [0.15, 0.2) is 23.1 Å². The molecule has 0 bridgehead atoms. The quantitative estimate of drug-likeness (QED) is 0.849. The average molecular weight is 273 g/mol. The molecule has 0 spiro atoms. The number of carbonyl (C=O) groups excluding carboxylic acids is 1. The summed E-state index contributed by atoms with van der Waals surface area (Å²) in [5, 5.41) is 6.45. The van der Waals surface area contributed by atoms with E-state index in [1.54, 1.807) is 24.2 Å². The zero-order valence-corrected chi connectivity index (χ0v) is 11.2. The normalized spacial score (nSPS) is 14.6. The van der Waals surface area contributed by atoms with Gasteiger partial charge in [0.15, 0.2) is 0 Å². The highest BCUT2D eigenvalue weighted by atomic mass is 16.5. The molecule has 0 fully saturated rings. The first kappa shape index (κ1) is 12.6. The molecule has 2 amide bonds. The molecule has 0 atom stereocenters. The van der Waals surface area contributed by atoms with Crippen molar-refractivity contribution in [3.8, 4) is 0 Å². The Bertz CT molecular complexity index is 598. The molecule has 1 aliphatic rings. The highest BCUT2D eigenvalue weighted by molar-refractivity contribution is 5.87. The van der Waals surface area contributed by atoms with E-state index in [-0.39, 0.29) is 6.03 Å². The molecule has 2 aromatic heterocycles. The Morgan fingerprint density at radius 2 is 2.25 bits per heavy atom. The molecule has 104 valence electrons. The molecule has 1 N–H and O–H groups in total. The van der Waals surface area contributed by atoms with E-state index in [2.05, 4.69) is 20.4 Å². The predicted octanol–water partition coefficient (Wildman–Crippen LogP) is 1.41. The Labute approximate surface area is 116 Å². The molecular weight excluding hydrogens is 258 g/mol. The maximum Gasteiger partial charge on any atom is 0.324 e. The second-order valence-corrected chi connectivity index (χ2v) is 4.74. The molecular formula is C13H15N5O2. The van der Waals surface area contributed by atoms with Crippen LogP contribution in [-0.4, -0.2) is 39.1 Å². The number of anilines is 1. The maximum atomic E-state index is 12.2. The second-order valence-electron chi connectivity index (χ2n) is 4.74. The van der Waals surface area contributed by atoms with E-state index in [9.17, 15) is 4.79 Å². The van der Waals surface area contributed by atoms with Crippen molar-refractivity contribution in [3.05, 3.63) is 35.5 Å². The number of urea groups is 1. The highest BCUT2D eigenvalue weighted by Gasteiger charge is 2.20. The number of amides is 2. The van der Waals surface area contributed by atoms with Crippen molar-refractivity contribution in [2.45, 2.75) is 19.8 Å². The van der Waals surface area contributed by atoms with Crippen molar-refractivity contribution in [2.75, 3.05) is 18.4 Å². The van der Waals surface area contributed by atoms with Crippen LogP contribution in [0.2, 0.25) is 0 Å². The topological polar surface area (TPSA) is 84.2 Å². The van der Waals surface area contributed by atoms with Crippen LogP contribution in [0.25, 0.3) is 0 Å². The minimum absolute atomic E-state index is 0.179. The van der Waals surface area contributed by atoms with Crippen molar-refractivity contribution >= 4 is 11.9 Å². The first-order valence-corrected chi connectivity index (χ1v) is 6.49. The molecule has 7 nitrogen and oxygen atoms in total. The molecule has 2 aromatic rings. The Kier molecular flexibility index (Phi) is 3.32. The fraction of sp³-hybridized carbons (Fsp3) is 0.385. The van der Waals surface area contributed by atoms with Gasteiger partial charge in [-0.3, -0.25) is 5.32 Å². The molecule has 0 aliphatic carbocycles. The number of carbonyl (C=O) groups is 1.